The van der Waals surface area contributed by atoms with Gasteiger partial charge < -0.3 is 9.84 Å². The summed E-state index contributed by atoms with van der Waals surface area (Å²) in [7, 11) is 0. The summed E-state index contributed by atoms with van der Waals surface area (Å²) >= 11 is 0. The average Bonchev–Trinajstić information content (AvgIpc) is 2.47. The monoisotopic (exact) mass is 261 g/mol. The van der Waals surface area contributed by atoms with E-state index in [-0.39, 0.29) is 0 Å². The Morgan fingerprint density at radius 3 is 3.16 bits per heavy atom. The number of ether oxygens (including phenoxy) is 1. The highest BCUT2D eigenvalue weighted by Crippen LogP contribution is 2.38. The molecule has 1 N–H and O–H groups in total. The fourth-order valence-corrected chi connectivity index (χ4v) is 3.46. The summed E-state index contributed by atoms with van der Waals surface area (Å²) < 4.78 is 5.77. The van der Waals surface area contributed by atoms with Gasteiger partial charge >= 0.3 is 0 Å². The normalized spacial score (nSPS) is 28.1. The van der Waals surface area contributed by atoms with Gasteiger partial charge in [0.2, 0.25) is 0 Å². The van der Waals surface area contributed by atoms with E-state index in [1.807, 2.05) is 12.1 Å². The van der Waals surface area contributed by atoms with E-state index >= 15 is 0 Å². The molecule has 2 aliphatic rings. The average molecular weight is 261 g/mol. The number of hydrogen-bond donors (Lipinski definition) is 1. The number of nitrogens with zero attached hydrogens (tertiary/aromatic N) is 1. The van der Waals surface area contributed by atoms with Crippen molar-refractivity contribution in [2.45, 2.75) is 44.8 Å². The number of fused-ring (bicyclic) bond motifs is 1. The summed E-state index contributed by atoms with van der Waals surface area (Å²) in [5, 5.41) is 10.0. The minimum absolute atomic E-state index is 0.372. The number of phenolic OH excluding ortho intramolecular Hbond substituents is 1. The SMILES string of the molecule is CCC1CN(C2CCCc3c(O)cccc32)CCO1. The summed E-state index contributed by atoms with van der Waals surface area (Å²) in [6.07, 6.45) is 4.84. The molecule has 1 aromatic carbocycles. The van der Waals surface area contributed by atoms with Crippen molar-refractivity contribution in [2.75, 3.05) is 19.7 Å². The number of benzene rings is 1. The van der Waals surface area contributed by atoms with Gasteiger partial charge in [-0.3, -0.25) is 4.90 Å². The molecule has 1 fully saturated rings. The van der Waals surface area contributed by atoms with Crippen molar-refractivity contribution in [2.24, 2.45) is 0 Å². The summed E-state index contributed by atoms with van der Waals surface area (Å²) in [5.41, 5.74) is 2.50. The molecule has 3 heteroatoms. The Balaban J connectivity index is 1.85. The van der Waals surface area contributed by atoms with Gasteiger partial charge in [-0.1, -0.05) is 19.1 Å². The first kappa shape index (κ1) is 12.9. The van der Waals surface area contributed by atoms with Crippen molar-refractivity contribution in [3.63, 3.8) is 0 Å². The van der Waals surface area contributed by atoms with Crippen molar-refractivity contribution in [3.8, 4) is 5.75 Å². The highest BCUT2D eigenvalue weighted by molar-refractivity contribution is 5.42. The molecule has 2 unspecified atom stereocenters. The molecule has 3 rings (SSSR count). The van der Waals surface area contributed by atoms with Crippen molar-refractivity contribution in [1.82, 2.24) is 4.90 Å². The van der Waals surface area contributed by atoms with Crippen molar-refractivity contribution in [3.05, 3.63) is 29.3 Å². The molecule has 0 bridgehead atoms. The van der Waals surface area contributed by atoms with Gasteiger partial charge in [0.05, 0.1) is 12.7 Å². The molecule has 104 valence electrons. The van der Waals surface area contributed by atoms with E-state index < -0.39 is 0 Å². The first-order valence-corrected chi connectivity index (χ1v) is 7.46. The maximum Gasteiger partial charge on any atom is 0.119 e. The molecule has 0 spiro atoms. The molecule has 0 radical (unpaired) electrons. The van der Waals surface area contributed by atoms with E-state index in [0.717, 1.165) is 32.5 Å². The van der Waals surface area contributed by atoms with Crippen LogP contribution in [0.2, 0.25) is 0 Å². The van der Waals surface area contributed by atoms with Gasteiger partial charge in [-0.25, -0.2) is 0 Å². The molecule has 1 saturated heterocycles. The summed E-state index contributed by atoms with van der Waals surface area (Å²) in [4.78, 5) is 2.55. The van der Waals surface area contributed by atoms with Crippen LogP contribution in [0.4, 0.5) is 0 Å². The van der Waals surface area contributed by atoms with Gasteiger partial charge in [0.1, 0.15) is 5.75 Å². The fourth-order valence-electron chi connectivity index (χ4n) is 3.46. The topological polar surface area (TPSA) is 32.7 Å². The Morgan fingerprint density at radius 1 is 1.42 bits per heavy atom. The summed E-state index contributed by atoms with van der Waals surface area (Å²) in [5.74, 6) is 0.475. The minimum atomic E-state index is 0.372. The molecule has 1 heterocycles. The lowest BCUT2D eigenvalue weighted by atomic mass is 9.86. The number of hydrogen-bond acceptors (Lipinski definition) is 3. The lowest BCUT2D eigenvalue weighted by Gasteiger charge is -2.40. The molecule has 19 heavy (non-hydrogen) atoms. The summed E-state index contributed by atoms with van der Waals surface area (Å²) in [6.45, 7) is 5.06. The van der Waals surface area contributed by atoms with Gasteiger partial charge in [-0.15, -0.1) is 0 Å². The number of phenols is 1. The predicted octanol–water partition coefficient (Wildman–Crippen LogP) is 2.88. The Kier molecular flexibility index (Phi) is 3.76. The van der Waals surface area contributed by atoms with E-state index in [1.165, 1.54) is 24.0 Å². The van der Waals surface area contributed by atoms with Crippen LogP contribution in [-0.2, 0) is 11.2 Å². The van der Waals surface area contributed by atoms with E-state index in [9.17, 15) is 5.11 Å². The minimum Gasteiger partial charge on any atom is -0.508 e. The van der Waals surface area contributed by atoms with Crippen molar-refractivity contribution >= 4 is 0 Å². The smallest absolute Gasteiger partial charge is 0.119 e. The third-order valence-corrected chi connectivity index (χ3v) is 4.52. The molecular weight excluding hydrogens is 238 g/mol. The molecule has 3 nitrogen and oxygen atoms in total. The second kappa shape index (κ2) is 5.51. The van der Waals surface area contributed by atoms with Crippen LogP contribution in [0.1, 0.15) is 43.4 Å². The molecule has 1 aromatic rings. The fraction of sp³-hybridized carbons (Fsp3) is 0.625. The van der Waals surface area contributed by atoms with Crippen LogP contribution in [0.5, 0.6) is 5.75 Å². The molecule has 0 amide bonds. The first-order chi connectivity index (χ1) is 9.29. The Morgan fingerprint density at radius 2 is 2.32 bits per heavy atom. The molecular formula is C16H23NO2. The van der Waals surface area contributed by atoms with E-state index in [0.29, 0.717) is 17.9 Å². The van der Waals surface area contributed by atoms with Gasteiger partial charge in [0, 0.05) is 19.1 Å². The van der Waals surface area contributed by atoms with Crippen LogP contribution < -0.4 is 0 Å². The van der Waals surface area contributed by atoms with Crippen LogP contribution in [0.3, 0.4) is 0 Å². The Hall–Kier alpha value is -1.06. The Bertz CT molecular complexity index is 446. The van der Waals surface area contributed by atoms with Gasteiger partial charge in [0.25, 0.3) is 0 Å². The zero-order valence-corrected chi connectivity index (χ0v) is 11.6. The third kappa shape index (κ3) is 2.49. The predicted molar refractivity (Wildman–Crippen MR) is 75.4 cm³/mol. The van der Waals surface area contributed by atoms with Crippen LogP contribution >= 0.6 is 0 Å². The van der Waals surface area contributed by atoms with Crippen LogP contribution in [-0.4, -0.2) is 35.8 Å². The Labute approximate surface area is 115 Å². The van der Waals surface area contributed by atoms with Gasteiger partial charge in [-0.05, 0) is 42.9 Å². The van der Waals surface area contributed by atoms with Crippen molar-refractivity contribution in [1.29, 1.82) is 0 Å². The van der Waals surface area contributed by atoms with Gasteiger partial charge in [-0.2, -0.15) is 0 Å². The lowest BCUT2D eigenvalue weighted by molar-refractivity contribution is -0.0472. The van der Waals surface area contributed by atoms with E-state index in [4.69, 9.17) is 4.74 Å². The van der Waals surface area contributed by atoms with Crippen LogP contribution in [0, 0.1) is 0 Å². The zero-order valence-electron chi connectivity index (χ0n) is 11.6. The van der Waals surface area contributed by atoms with E-state index in [2.05, 4.69) is 17.9 Å². The number of rotatable bonds is 2. The molecule has 0 saturated carbocycles. The quantitative estimate of drug-likeness (QED) is 0.888. The summed E-state index contributed by atoms with van der Waals surface area (Å²) in [6, 6.07) is 6.45. The van der Waals surface area contributed by atoms with Gasteiger partial charge in [0.15, 0.2) is 0 Å². The second-order valence-corrected chi connectivity index (χ2v) is 5.65. The maximum atomic E-state index is 10.0. The van der Waals surface area contributed by atoms with Crippen LogP contribution in [0.15, 0.2) is 18.2 Å². The first-order valence-electron chi connectivity index (χ1n) is 7.46. The molecule has 2 atom stereocenters. The van der Waals surface area contributed by atoms with Crippen LogP contribution in [0.25, 0.3) is 0 Å². The standard InChI is InChI=1S/C16H23NO2/c1-2-12-11-17(9-10-19-12)15-7-3-6-14-13(15)5-4-8-16(14)18/h4-5,8,12,15,18H,2-3,6-7,9-11H2,1H3. The highest BCUT2D eigenvalue weighted by Gasteiger charge is 2.30. The largest absolute Gasteiger partial charge is 0.508 e. The maximum absolute atomic E-state index is 10.0. The lowest BCUT2D eigenvalue weighted by Crippen LogP contribution is -2.44. The molecule has 1 aliphatic heterocycles. The second-order valence-electron chi connectivity index (χ2n) is 5.65. The third-order valence-electron chi connectivity index (χ3n) is 4.52. The van der Waals surface area contributed by atoms with E-state index in [1.54, 1.807) is 0 Å². The zero-order chi connectivity index (χ0) is 13.2. The number of morpholine rings is 1. The highest BCUT2D eigenvalue weighted by atomic mass is 16.5. The van der Waals surface area contributed by atoms with Crippen molar-refractivity contribution < 1.29 is 9.84 Å². The number of aromatic hydroxyl groups is 1. The molecule has 1 aliphatic carbocycles. The molecule has 0 aromatic heterocycles.